The van der Waals surface area contributed by atoms with Gasteiger partial charge in [0.25, 0.3) is 0 Å². The van der Waals surface area contributed by atoms with E-state index >= 15 is 0 Å². The number of fused-ring (bicyclic) bond motifs is 2. The molecule has 0 amide bonds. The first-order chi connectivity index (χ1) is 12.3. The Kier molecular flexibility index (Phi) is 3.46. The van der Waals surface area contributed by atoms with E-state index in [4.69, 9.17) is 0 Å². The average molecular weight is 341 g/mol. The molecule has 3 aromatic rings. The van der Waals surface area contributed by atoms with E-state index < -0.39 is 0 Å². The van der Waals surface area contributed by atoms with Crippen LogP contribution < -0.4 is 15.8 Å². The molecule has 0 radical (unpaired) electrons. The molecule has 0 saturated carbocycles. The maximum absolute atomic E-state index is 3.55. The molecule has 0 fully saturated rings. The highest BCUT2D eigenvalue weighted by molar-refractivity contribution is 8.00. The molecule has 1 atom stereocenters. The number of thioether (sulfide) groups is 1. The van der Waals surface area contributed by atoms with Crippen molar-refractivity contribution in [1.82, 2.24) is 0 Å². The number of anilines is 1. The normalized spacial score (nSPS) is 22.4. The topological polar surface area (TPSA) is 12.0 Å². The van der Waals surface area contributed by atoms with E-state index in [-0.39, 0.29) is 0 Å². The maximum atomic E-state index is 3.55. The lowest BCUT2D eigenvalue weighted by atomic mass is 9.96. The van der Waals surface area contributed by atoms with Crippen LogP contribution in [0.2, 0.25) is 0 Å². The van der Waals surface area contributed by atoms with E-state index in [1.807, 2.05) is 11.8 Å². The highest BCUT2D eigenvalue weighted by Gasteiger charge is 2.25. The molecule has 0 spiro atoms. The van der Waals surface area contributed by atoms with Crippen LogP contribution in [0, 0.1) is 0 Å². The van der Waals surface area contributed by atoms with Gasteiger partial charge in [-0.25, -0.2) is 0 Å². The minimum absolute atomic E-state index is 0.476. The summed E-state index contributed by atoms with van der Waals surface area (Å²) in [5, 5.41) is 6.76. The second-order valence-electron chi connectivity index (χ2n) is 6.59. The van der Waals surface area contributed by atoms with Gasteiger partial charge in [0.05, 0.1) is 0 Å². The smallest absolute Gasteiger partial charge is 0.0420 e. The summed E-state index contributed by atoms with van der Waals surface area (Å²) in [5.74, 6) is 0. The van der Waals surface area contributed by atoms with E-state index in [0.717, 1.165) is 6.54 Å². The van der Waals surface area contributed by atoms with Crippen molar-refractivity contribution in [2.75, 3.05) is 11.9 Å². The number of benzene rings is 3. The van der Waals surface area contributed by atoms with Gasteiger partial charge in [-0.1, -0.05) is 60.7 Å². The van der Waals surface area contributed by atoms with E-state index in [9.17, 15) is 0 Å². The standard InChI is InChI=1S/C23H19NS/c1-15-23(19-11-5-7-13-22(19)25-15)18-10-3-2-8-16(18)20-14-24-21-12-6-4-9-17(20)21/h2-13,15,24H,14H2,1H3/b20-16+,23-18+. The van der Waals surface area contributed by atoms with E-state index in [2.05, 4.69) is 85.0 Å². The van der Waals surface area contributed by atoms with Gasteiger partial charge in [0, 0.05) is 27.9 Å². The highest BCUT2D eigenvalue weighted by atomic mass is 32.2. The van der Waals surface area contributed by atoms with Gasteiger partial charge in [0.1, 0.15) is 0 Å². The summed E-state index contributed by atoms with van der Waals surface area (Å²) in [4.78, 5) is 1.40. The van der Waals surface area contributed by atoms with Crippen molar-refractivity contribution in [3.63, 3.8) is 0 Å². The van der Waals surface area contributed by atoms with Crippen molar-refractivity contribution in [1.29, 1.82) is 0 Å². The first-order valence-corrected chi connectivity index (χ1v) is 9.62. The van der Waals surface area contributed by atoms with Crippen LogP contribution in [-0.2, 0) is 0 Å². The molecular formula is C23H19NS. The third-order valence-corrected chi connectivity index (χ3v) is 6.34. The van der Waals surface area contributed by atoms with Crippen LogP contribution in [-0.4, -0.2) is 11.8 Å². The third kappa shape index (κ3) is 2.32. The van der Waals surface area contributed by atoms with Crippen LogP contribution >= 0.6 is 11.8 Å². The number of hydrogen-bond acceptors (Lipinski definition) is 2. The molecule has 1 nitrogen and oxygen atoms in total. The van der Waals surface area contributed by atoms with Gasteiger partial charge >= 0.3 is 0 Å². The summed E-state index contributed by atoms with van der Waals surface area (Å²) >= 11 is 1.97. The zero-order valence-electron chi connectivity index (χ0n) is 14.1. The van der Waals surface area contributed by atoms with E-state index in [0.29, 0.717) is 5.25 Å². The highest BCUT2D eigenvalue weighted by Crippen LogP contribution is 2.42. The Morgan fingerprint density at radius 3 is 2.36 bits per heavy atom. The maximum Gasteiger partial charge on any atom is 0.0420 e. The zero-order valence-corrected chi connectivity index (χ0v) is 14.9. The second-order valence-corrected chi connectivity index (χ2v) is 7.98. The first kappa shape index (κ1) is 14.9. The lowest BCUT2D eigenvalue weighted by molar-refractivity contribution is 1.25. The lowest BCUT2D eigenvalue weighted by Gasteiger charge is -2.08. The zero-order chi connectivity index (χ0) is 16.8. The molecule has 3 aromatic carbocycles. The van der Waals surface area contributed by atoms with Crippen LogP contribution in [0.3, 0.4) is 0 Å². The Bertz CT molecular complexity index is 1100. The predicted molar refractivity (Wildman–Crippen MR) is 107 cm³/mol. The van der Waals surface area contributed by atoms with Gasteiger partial charge in [-0.2, -0.15) is 0 Å². The van der Waals surface area contributed by atoms with Gasteiger partial charge in [-0.05, 0) is 46.2 Å². The summed E-state index contributed by atoms with van der Waals surface area (Å²) < 4.78 is 0. The Hall–Kier alpha value is -2.45. The quantitative estimate of drug-likeness (QED) is 0.663. The van der Waals surface area contributed by atoms with Gasteiger partial charge < -0.3 is 5.32 Å². The fraction of sp³-hybridized carbons (Fsp3) is 0.130. The molecule has 122 valence electrons. The summed E-state index contributed by atoms with van der Waals surface area (Å²) in [7, 11) is 0. The molecule has 2 aliphatic heterocycles. The van der Waals surface area contributed by atoms with Gasteiger partial charge in [-0.15, -0.1) is 11.8 Å². The molecule has 0 aliphatic carbocycles. The van der Waals surface area contributed by atoms with Crippen molar-refractivity contribution in [3.8, 4) is 0 Å². The van der Waals surface area contributed by atoms with Gasteiger partial charge in [-0.3, -0.25) is 0 Å². The van der Waals surface area contributed by atoms with Crippen LogP contribution in [0.4, 0.5) is 5.69 Å². The molecule has 0 bridgehead atoms. The van der Waals surface area contributed by atoms with Crippen LogP contribution in [0.5, 0.6) is 0 Å². The minimum atomic E-state index is 0.476. The Balaban J connectivity index is 1.90. The van der Waals surface area contributed by atoms with Crippen molar-refractivity contribution < 1.29 is 0 Å². The molecule has 0 aromatic heterocycles. The van der Waals surface area contributed by atoms with Crippen molar-refractivity contribution in [3.05, 3.63) is 94.4 Å². The SMILES string of the molecule is CC1Sc2ccccc2/C1=c1\cccc\c1=C1\CNc2ccccc21. The number of nitrogens with one attached hydrogen (secondary N) is 1. The molecule has 5 rings (SSSR count). The van der Waals surface area contributed by atoms with Crippen molar-refractivity contribution >= 4 is 28.6 Å². The van der Waals surface area contributed by atoms with Gasteiger partial charge in [0.15, 0.2) is 0 Å². The predicted octanol–water partition coefficient (Wildman–Crippen LogP) is 4.00. The molecule has 2 aliphatic rings. The largest absolute Gasteiger partial charge is 0.380 e. The van der Waals surface area contributed by atoms with Gasteiger partial charge in [0.2, 0.25) is 0 Å². The molecule has 1 unspecified atom stereocenters. The monoisotopic (exact) mass is 341 g/mol. The fourth-order valence-corrected chi connectivity index (χ4v) is 5.24. The lowest BCUT2D eigenvalue weighted by Crippen LogP contribution is -2.31. The molecule has 0 saturated heterocycles. The van der Waals surface area contributed by atoms with Crippen LogP contribution in [0.1, 0.15) is 18.1 Å². The molecule has 2 heterocycles. The Morgan fingerprint density at radius 1 is 0.800 bits per heavy atom. The molecule has 25 heavy (non-hydrogen) atoms. The minimum Gasteiger partial charge on any atom is -0.380 e. The van der Waals surface area contributed by atoms with E-state index in [1.165, 1.54) is 43.3 Å². The van der Waals surface area contributed by atoms with Crippen molar-refractivity contribution in [2.45, 2.75) is 17.1 Å². The van der Waals surface area contributed by atoms with Crippen LogP contribution in [0.15, 0.2) is 77.7 Å². The summed E-state index contributed by atoms with van der Waals surface area (Å²) in [5.41, 5.74) is 6.84. The number of rotatable bonds is 0. The van der Waals surface area contributed by atoms with Crippen molar-refractivity contribution in [2.24, 2.45) is 0 Å². The summed E-state index contributed by atoms with van der Waals surface area (Å²) in [6.07, 6.45) is 0. The van der Waals surface area contributed by atoms with Crippen LogP contribution in [0.25, 0.3) is 11.1 Å². The second kappa shape index (κ2) is 5.82. The first-order valence-electron chi connectivity index (χ1n) is 8.75. The fourth-order valence-electron chi connectivity index (χ4n) is 4.03. The van der Waals surface area contributed by atoms with E-state index in [1.54, 1.807) is 0 Å². The molecular weight excluding hydrogens is 322 g/mol. The molecule has 1 N–H and O–H groups in total. The summed E-state index contributed by atoms with van der Waals surface area (Å²) in [6.45, 7) is 3.22. The number of hydrogen-bond donors (Lipinski definition) is 1. The Morgan fingerprint density at radius 2 is 1.48 bits per heavy atom. The molecule has 2 heteroatoms. The number of para-hydroxylation sites is 1. The average Bonchev–Trinajstić information content (AvgIpc) is 3.22. The Labute approximate surface area is 152 Å². The third-order valence-electron chi connectivity index (χ3n) is 5.14. The summed E-state index contributed by atoms with van der Waals surface area (Å²) in [6, 6.07) is 26.3.